The number of amides is 7. The number of aliphatic hydroxyl groups is 1. The number of likely N-dealkylation sites (N-methyl/N-ethyl adjacent to an activating group) is 2. The van der Waals surface area contributed by atoms with Gasteiger partial charge in [-0.2, -0.15) is 0 Å². The van der Waals surface area contributed by atoms with E-state index in [1.54, 1.807) is 49.9 Å². The molecule has 28 nitrogen and oxygen atoms in total. The molecule has 2 heterocycles. The van der Waals surface area contributed by atoms with Crippen LogP contribution < -0.4 is 10.6 Å². The Bertz CT molecular complexity index is 2380. The quantitative estimate of drug-likeness (QED) is 0.0622. The van der Waals surface area contributed by atoms with Gasteiger partial charge in [-0.15, -0.1) is 0 Å². The Balaban J connectivity index is 1.21. The Morgan fingerprint density at radius 3 is 1.39 bits per heavy atom. The van der Waals surface area contributed by atoms with Gasteiger partial charge < -0.3 is 96.8 Å². The van der Waals surface area contributed by atoms with Crippen LogP contribution in [0.3, 0.4) is 0 Å². The van der Waals surface area contributed by atoms with Crippen molar-refractivity contribution in [3.63, 3.8) is 0 Å². The molecule has 3 N–H and O–H groups in total. The summed E-state index contributed by atoms with van der Waals surface area (Å²) >= 11 is 0. The van der Waals surface area contributed by atoms with Crippen molar-refractivity contribution in [3.05, 3.63) is 48.0 Å². The van der Waals surface area contributed by atoms with Crippen LogP contribution in [0, 0.1) is 23.7 Å². The van der Waals surface area contributed by atoms with E-state index in [1.807, 2.05) is 59.7 Å². The molecule has 0 aliphatic carbocycles. The third-order valence-corrected chi connectivity index (χ3v) is 17.1. The van der Waals surface area contributed by atoms with E-state index in [-0.39, 0.29) is 92.4 Å². The molecule has 1 aromatic carbocycles. The fourth-order valence-corrected chi connectivity index (χ4v) is 11.4. The molecule has 10 atom stereocenters. The Morgan fingerprint density at radius 1 is 0.561 bits per heavy atom. The number of benzene rings is 1. The second-order valence-corrected chi connectivity index (χ2v) is 24.9. The third kappa shape index (κ3) is 33.1. The molecule has 0 aromatic heterocycles. The maximum absolute atomic E-state index is 14.7. The molecule has 2 aliphatic rings. The highest BCUT2D eigenvalue weighted by atomic mass is 16.6. The largest absolute Gasteiger partial charge is 0.386 e. The molecule has 562 valence electrons. The summed E-state index contributed by atoms with van der Waals surface area (Å²) in [5.74, 6) is -3.67. The molecule has 7 amide bonds. The van der Waals surface area contributed by atoms with Crippen LogP contribution >= 0.6 is 0 Å². The Labute approximate surface area is 582 Å². The SMILES string of the molecule is CC[C@H](C)[C@@H](C(CC(=O)N1CCC[C@H]1[C@H](OC)[C@@H](C)C(=O)N[C@H](C)[C@@H](O)c1ccccc1)OC)N(C)C(=O)[C@@H](NC(=O)[C@H](C(C)C)N(C)C(=O)CCOCCOCCOCCOCCOCCOCCOCCOCCOCCOCCOCCOCCN1C(=O)C=CC1=O)C(C)C. The molecule has 1 fully saturated rings. The fraction of sp³-hybridized carbons (Fsp3) is 0.786. The van der Waals surface area contributed by atoms with Crippen LogP contribution in [0.1, 0.15) is 99.2 Å². The van der Waals surface area contributed by atoms with Crippen molar-refractivity contribution < 1.29 is 105 Å². The highest BCUT2D eigenvalue weighted by molar-refractivity contribution is 6.12. The minimum Gasteiger partial charge on any atom is -0.386 e. The lowest BCUT2D eigenvalue weighted by molar-refractivity contribution is -0.148. The van der Waals surface area contributed by atoms with Crippen molar-refractivity contribution in [3.8, 4) is 0 Å². The number of ether oxygens (including phenoxy) is 14. The van der Waals surface area contributed by atoms with Crippen LogP contribution in [0.4, 0.5) is 0 Å². The number of likely N-dealkylation sites (tertiary alicyclic amines) is 1. The average molecular weight is 1400 g/mol. The van der Waals surface area contributed by atoms with Gasteiger partial charge in [0.15, 0.2) is 0 Å². The number of nitrogens with one attached hydrogen (secondary N) is 2. The number of carbonyl (C=O) groups excluding carboxylic acids is 7. The molecule has 3 rings (SSSR count). The Kier molecular flexibility index (Phi) is 46.1. The van der Waals surface area contributed by atoms with Crippen molar-refractivity contribution in [2.75, 3.05) is 200 Å². The molecule has 0 radical (unpaired) electrons. The summed E-state index contributed by atoms with van der Waals surface area (Å²) in [6.07, 6.45) is 2.20. The summed E-state index contributed by atoms with van der Waals surface area (Å²) in [5.41, 5.74) is 0.685. The first-order valence-electron chi connectivity index (χ1n) is 34.9. The van der Waals surface area contributed by atoms with Crippen LogP contribution in [0.2, 0.25) is 0 Å². The van der Waals surface area contributed by atoms with Gasteiger partial charge >= 0.3 is 0 Å². The summed E-state index contributed by atoms with van der Waals surface area (Å²) in [4.78, 5) is 99.4. The number of methoxy groups -OCH3 is 2. The van der Waals surface area contributed by atoms with Gasteiger partial charge in [0.1, 0.15) is 12.1 Å². The Morgan fingerprint density at radius 2 is 0.990 bits per heavy atom. The lowest BCUT2D eigenvalue weighted by Crippen LogP contribution is -2.60. The fourth-order valence-electron chi connectivity index (χ4n) is 11.4. The van der Waals surface area contributed by atoms with E-state index in [1.165, 1.54) is 31.3 Å². The smallest absolute Gasteiger partial charge is 0.253 e. The minimum absolute atomic E-state index is 0.0276. The summed E-state index contributed by atoms with van der Waals surface area (Å²) in [5, 5.41) is 16.9. The standard InChI is InChI=1S/C70H120N6O22/c1-13-53(6)65(58(85-11)50-62(80)75-24-17-20-57(75)67(86-12)54(7)68(82)71-55(8)66(81)56-18-15-14-16-19-56)74(10)70(84)63(51(2)3)72-69(83)64(52(4)5)73(9)59(77)23-26-87-28-30-89-32-34-91-36-38-93-40-42-95-44-46-97-48-49-98-47-45-96-43-41-94-39-37-92-35-33-90-31-29-88-27-25-76-60(78)21-22-61(76)79/h14-16,18-19,21-22,51-55,57-58,63-67,81H,13,17,20,23-50H2,1-12H3,(H,71,82)(H,72,83)/t53-,54+,55+,57-,58?,63-,64-,65-,66+,67+/m0/s1. The summed E-state index contributed by atoms with van der Waals surface area (Å²) < 4.78 is 78.4. The van der Waals surface area contributed by atoms with Gasteiger partial charge in [-0.3, -0.25) is 38.5 Å². The van der Waals surface area contributed by atoms with E-state index >= 15 is 0 Å². The van der Waals surface area contributed by atoms with Crippen molar-refractivity contribution in [2.24, 2.45) is 23.7 Å². The van der Waals surface area contributed by atoms with Gasteiger partial charge in [-0.25, -0.2) is 0 Å². The zero-order valence-electron chi connectivity index (χ0n) is 60.7. The molecule has 28 heteroatoms. The third-order valence-electron chi connectivity index (χ3n) is 17.1. The molecule has 1 unspecified atom stereocenters. The monoisotopic (exact) mass is 1400 g/mol. The van der Waals surface area contributed by atoms with E-state index < -0.39 is 60.3 Å². The first-order chi connectivity index (χ1) is 47.2. The van der Waals surface area contributed by atoms with Crippen molar-refractivity contribution in [2.45, 2.75) is 136 Å². The lowest BCUT2D eigenvalue weighted by Gasteiger charge is -2.41. The topological polar surface area (TPSA) is 306 Å². The zero-order chi connectivity index (χ0) is 72.0. The molecular weight excluding hydrogens is 1280 g/mol. The van der Waals surface area contributed by atoms with E-state index in [9.17, 15) is 38.7 Å². The van der Waals surface area contributed by atoms with Gasteiger partial charge in [0.05, 0.1) is 220 Å². The molecule has 0 saturated carbocycles. The van der Waals surface area contributed by atoms with Gasteiger partial charge in [-0.1, -0.05) is 85.2 Å². The number of imide groups is 1. The van der Waals surface area contributed by atoms with Crippen molar-refractivity contribution in [1.82, 2.24) is 30.2 Å². The number of aliphatic hydroxyl groups excluding tert-OH is 1. The van der Waals surface area contributed by atoms with E-state index in [0.29, 0.717) is 170 Å². The summed E-state index contributed by atoms with van der Waals surface area (Å²) in [6.45, 7) is 24.9. The van der Waals surface area contributed by atoms with Crippen LogP contribution in [0.25, 0.3) is 0 Å². The zero-order valence-corrected chi connectivity index (χ0v) is 60.7. The molecule has 0 spiro atoms. The molecule has 0 bridgehead atoms. The second-order valence-electron chi connectivity index (χ2n) is 24.9. The summed E-state index contributed by atoms with van der Waals surface area (Å²) in [7, 11) is 6.32. The predicted octanol–water partition coefficient (Wildman–Crippen LogP) is 3.28. The molecule has 2 aliphatic heterocycles. The number of hydrogen-bond donors (Lipinski definition) is 3. The number of hydrogen-bond acceptors (Lipinski definition) is 22. The van der Waals surface area contributed by atoms with Crippen LogP contribution in [0.5, 0.6) is 0 Å². The van der Waals surface area contributed by atoms with Gasteiger partial charge in [0.25, 0.3) is 11.8 Å². The van der Waals surface area contributed by atoms with E-state index in [0.717, 1.165) is 4.90 Å². The van der Waals surface area contributed by atoms with Crippen LogP contribution in [-0.2, 0) is 99.9 Å². The van der Waals surface area contributed by atoms with Crippen molar-refractivity contribution in [1.29, 1.82) is 0 Å². The maximum atomic E-state index is 14.7. The highest BCUT2D eigenvalue weighted by Crippen LogP contribution is 2.30. The van der Waals surface area contributed by atoms with Gasteiger partial charge in [-0.05, 0) is 43.1 Å². The van der Waals surface area contributed by atoms with E-state index in [2.05, 4.69) is 10.6 Å². The molecular formula is C70H120N6O22. The van der Waals surface area contributed by atoms with Gasteiger partial charge in [0, 0.05) is 47.0 Å². The molecule has 1 aromatic rings. The number of carbonyl (C=O) groups is 7. The maximum Gasteiger partial charge on any atom is 0.253 e. The van der Waals surface area contributed by atoms with Crippen molar-refractivity contribution >= 4 is 41.4 Å². The normalized spacial score (nSPS) is 16.9. The first-order valence-corrected chi connectivity index (χ1v) is 34.9. The second kappa shape index (κ2) is 51.9. The Hall–Kier alpha value is -5.15. The number of nitrogens with zero attached hydrogens (tertiary/aromatic N) is 4. The highest BCUT2D eigenvalue weighted by Gasteiger charge is 2.44. The first kappa shape index (κ1) is 87.1. The molecule has 1 saturated heterocycles. The van der Waals surface area contributed by atoms with E-state index in [4.69, 9.17) is 66.3 Å². The predicted molar refractivity (Wildman–Crippen MR) is 364 cm³/mol. The summed E-state index contributed by atoms with van der Waals surface area (Å²) in [6, 6.07) is 5.72. The molecule has 98 heavy (non-hydrogen) atoms. The van der Waals surface area contributed by atoms with Gasteiger partial charge in [0.2, 0.25) is 29.5 Å². The average Bonchev–Trinajstić information content (AvgIpc) is 1.31. The van der Waals surface area contributed by atoms with Crippen LogP contribution in [0.15, 0.2) is 42.5 Å². The minimum atomic E-state index is -0.963. The van der Waals surface area contributed by atoms with Crippen LogP contribution in [-0.4, -0.2) is 308 Å². The number of rotatable bonds is 59. The lowest BCUT2D eigenvalue weighted by atomic mass is 9.89.